The number of rotatable bonds is 5. The number of carbonyl (C=O) groups excluding carboxylic acids is 3. The maximum Gasteiger partial charge on any atom is 0.255 e. The van der Waals surface area contributed by atoms with Crippen molar-refractivity contribution in [2.75, 3.05) is 62.6 Å². The highest BCUT2D eigenvalue weighted by Crippen LogP contribution is 2.30. The minimum absolute atomic E-state index is 0.00651. The van der Waals surface area contributed by atoms with Crippen molar-refractivity contribution in [3.05, 3.63) is 95.3 Å². The molecule has 0 spiro atoms. The largest absolute Gasteiger partial charge is 0.366 e. The predicted octanol–water partition coefficient (Wildman–Crippen LogP) is 3.48. The van der Waals surface area contributed by atoms with E-state index in [-0.39, 0.29) is 11.8 Å². The van der Waals surface area contributed by atoms with Gasteiger partial charge in [0, 0.05) is 62.5 Å². The summed E-state index contributed by atoms with van der Waals surface area (Å²) in [6, 6.07) is 19.9. The third-order valence-corrected chi connectivity index (χ3v) is 7.15. The van der Waals surface area contributed by atoms with Crippen molar-refractivity contribution < 1.29 is 18.8 Å². The number of anilines is 2. The summed E-state index contributed by atoms with van der Waals surface area (Å²) in [5.74, 6) is -0.902. The third kappa shape index (κ3) is 6.26. The molecule has 2 aliphatic rings. The Morgan fingerprint density at radius 3 is 2.10 bits per heavy atom. The van der Waals surface area contributed by atoms with Crippen molar-refractivity contribution in [2.24, 2.45) is 0 Å². The average molecular weight is 530 g/mol. The fraction of sp³-hybridized carbons (Fsp3) is 0.300. The number of hydrogen-bond donors (Lipinski definition) is 2. The Labute approximate surface area is 227 Å². The Hall–Kier alpha value is -4.24. The molecule has 0 bridgehead atoms. The molecule has 2 heterocycles. The number of halogens is 1. The van der Waals surface area contributed by atoms with Gasteiger partial charge in [0.15, 0.2) is 0 Å². The van der Waals surface area contributed by atoms with Crippen LogP contribution in [0.1, 0.15) is 37.5 Å². The smallest absolute Gasteiger partial charge is 0.255 e. The summed E-state index contributed by atoms with van der Waals surface area (Å²) in [6.07, 6.45) is 0.879. The van der Waals surface area contributed by atoms with E-state index in [4.69, 9.17) is 0 Å². The molecular formula is C30H32FN5O3. The molecule has 0 unspecified atom stereocenters. The minimum Gasteiger partial charge on any atom is -0.366 e. The van der Waals surface area contributed by atoms with Crippen LogP contribution < -0.4 is 15.5 Å². The number of amides is 3. The van der Waals surface area contributed by atoms with Crippen LogP contribution >= 0.6 is 0 Å². The quantitative estimate of drug-likeness (QED) is 0.529. The molecule has 39 heavy (non-hydrogen) atoms. The molecule has 3 amide bonds. The van der Waals surface area contributed by atoms with Crippen molar-refractivity contribution in [1.82, 2.24) is 15.1 Å². The highest BCUT2D eigenvalue weighted by atomic mass is 19.1. The molecule has 2 saturated heterocycles. The molecule has 0 aliphatic carbocycles. The van der Waals surface area contributed by atoms with E-state index in [2.05, 4.69) is 15.5 Å². The monoisotopic (exact) mass is 529 g/mol. The van der Waals surface area contributed by atoms with Gasteiger partial charge in [-0.3, -0.25) is 14.4 Å². The molecule has 0 saturated carbocycles. The lowest BCUT2D eigenvalue weighted by Crippen LogP contribution is -2.49. The van der Waals surface area contributed by atoms with Gasteiger partial charge in [-0.1, -0.05) is 18.2 Å². The number of benzene rings is 3. The molecular weight excluding hydrogens is 497 g/mol. The molecule has 8 nitrogen and oxygen atoms in total. The zero-order valence-corrected chi connectivity index (χ0v) is 21.7. The molecule has 2 N–H and O–H groups in total. The molecule has 0 radical (unpaired) electrons. The van der Waals surface area contributed by atoms with Crippen LogP contribution in [0.15, 0.2) is 72.8 Å². The fourth-order valence-corrected chi connectivity index (χ4v) is 4.99. The number of hydrogen-bond acceptors (Lipinski definition) is 5. The van der Waals surface area contributed by atoms with Crippen LogP contribution in [0, 0.1) is 5.82 Å². The van der Waals surface area contributed by atoms with Gasteiger partial charge in [-0.25, -0.2) is 4.39 Å². The molecule has 3 aromatic carbocycles. The van der Waals surface area contributed by atoms with E-state index in [1.807, 2.05) is 46.2 Å². The summed E-state index contributed by atoms with van der Waals surface area (Å²) in [4.78, 5) is 45.1. The van der Waals surface area contributed by atoms with E-state index in [1.54, 1.807) is 12.1 Å². The lowest BCUT2D eigenvalue weighted by Gasteiger charge is -2.37. The number of nitrogens with one attached hydrogen (secondary N) is 2. The summed E-state index contributed by atoms with van der Waals surface area (Å²) in [5.41, 5.74) is 2.74. The Morgan fingerprint density at radius 1 is 0.692 bits per heavy atom. The van der Waals surface area contributed by atoms with E-state index < -0.39 is 11.7 Å². The number of carbonyl (C=O) groups is 3. The SMILES string of the molecule is O=C(Nc1cc(C(=O)N2CCCNCC2)ccc1N1CCN(C(=O)c2ccccc2)CC1)c1ccc(F)cc1. The van der Waals surface area contributed by atoms with Gasteiger partial charge < -0.3 is 25.3 Å². The maximum atomic E-state index is 13.4. The molecule has 2 fully saturated rings. The zero-order valence-electron chi connectivity index (χ0n) is 21.7. The van der Waals surface area contributed by atoms with Crippen molar-refractivity contribution in [2.45, 2.75) is 6.42 Å². The minimum atomic E-state index is -0.422. The van der Waals surface area contributed by atoms with Crippen molar-refractivity contribution in [1.29, 1.82) is 0 Å². The average Bonchev–Trinajstić information content (AvgIpc) is 3.27. The molecule has 202 valence electrons. The van der Waals surface area contributed by atoms with E-state index in [0.717, 1.165) is 25.2 Å². The molecule has 9 heteroatoms. The maximum absolute atomic E-state index is 13.4. The summed E-state index contributed by atoms with van der Waals surface area (Å²) in [5, 5.41) is 6.25. The predicted molar refractivity (Wildman–Crippen MR) is 149 cm³/mol. The van der Waals surface area contributed by atoms with E-state index in [1.165, 1.54) is 24.3 Å². The zero-order chi connectivity index (χ0) is 27.2. The molecule has 0 atom stereocenters. The van der Waals surface area contributed by atoms with Crippen molar-refractivity contribution in [3.8, 4) is 0 Å². The van der Waals surface area contributed by atoms with Crippen molar-refractivity contribution in [3.63, 3.8) is 0 Å². The Balaban J connectivity index is 1.37. The second kappa shape index (κ2) is 12.1. The number of nitrogens with zero attached hydrogens (tertiary/aromatic N) is 3. The van der Waals surface area contributed by atoms with Gasteiger partial charge in [0.1, 0.15) is 5.82 Å². The third-order valence-electron chi connectivity index (χ3n) is 7.15. The molecule has 2 aliphatic heterocycles. The van der Waals surface area contributed by atoms with Crippen LogP contribution in [0.5, 0.6) is 0 Å². The van der Waals surface area contributed by atoms with Crippen LogP contribution in [0.4, 0.5) is 15.8 Å². The summed E-state index contributed by atoms with van der Waals surface area (Å²) >= 11 is 0. The standard InChI is InChI=1S/C30H32FN5O3/c31-25-10-7-22(8-11-25)28(37)33-26-21-24(30(39)35-15-4-13-32-14-16-35)9-12-27(26)34-17-19-36(20-18-34)29(38)23-5-2-1-3-6-23/h1-3,5-12,21,32H,4,13-20H2,(H,33,37). The Morgan fingerprint density at radius 2 is 1.36 bits per heavy atom. The van der Waals surface area contributed by atoms with Gasteiger partial charge in [-0.15, -0.1) is 0 Å². The Bertz CT molecular complexity index is 1320. The van der Waals surface area contributed by atoms with E-state index >= 15 is 0 Å². The van der Waals surface area contributed by atoms with Gasteiger partial charge in [0.05, 0.1) is 11.4 Å². The van der Waals surface area contributed by atoms with E-state index in [9.17, 15) is 18.8 Å². The highest BCUT2D eigenvalue weighted by Gasteiger charge is 2.25. The molecule has 3 aromatic rings. The van der Waals surface area contributed by atoms with Crippen molar-refractivity contribution >= 4 is 29.1 Å². The van der Waals surface area contributed by atoms with Crippen LogP contribution in [-0.4, -0.2) is 79.9 Å². The first-order valence-electron chi connectivity index (χ1n) is 13.3. The number of piperazine rings is 1. The van der Waals surface area contributed by atoms with Gasteiger partial charge in [0.25, 0.3) is 17.7 Å². The summed E-state index contributed by atoms with van der Waals surface area (Å²) in [6.45, 7) is 5.11. The lowest BCUT2D eigenvalue weighted by atomic mass is 10.1. The van der Waals surface area contributed by atoms with Gasteiger partial charge >= 0.3 is 0 Å². The van der Waals surface area contributed by atoms with Crippen LogP contribution in [0.25, 0.3) is 0 Å². The summed E-state index contributed by atoms with van der Waals surface area (Å²) < 4.78 is 13.4. The van der Waals surface area contributed by atoms with Gasteiger partial charge in [-0.2, -0.15) is 0 Å². The topological polar surface area (TPSA) is 85.0 Å². The normalized spacial score (nSPS) is 16.0. The Kier molecular flexibility index (Phi) is 8.17. The van der Waals surface area contributed by atoms with Gasteiger partial charge in [0.2, 0.25) is 0 Å². The first-order valence-corrected chi connectivity index (χ1v) is 13.3. The second-order valence-electron chi connectivity index (χ2n) is 9.73. The first kappa shape index (κ1) is 26.4. The van der Waals surface area contributed by atoms with Crippen LogP contribution in [-0.2, 0) is 0 Å². The highest BCUT2D eigenvalue weighted by molar-refractivity contribution is 6.07. The lowest BCUT2D eigenvalue weighted by molar-refractivity contribution is 0.0743. The second-order valence-corrected chi connectivity index (χ2v) is 9.73. The van der Waals surface area contributed by atoms with Gasteiger partial charge in [-0.05, 0) is 67.6 Å². The molecule has 0 aromatic heterocycles. The molecule has 5 rings (SSSR count). The summed E-state index contributed by atoms with van der Waals surface area (Å²) in [7, 11) is 0. The van der Waals surface area contributed by atoms with Crippen LogP contribution in [0.3, 0.4) is 0 Å². The van der Waals surface area contributed by atoms with Crippen LogP contribution in [0.2, 0.25) is 0 Å². The first-order chi connectivity index (χ1) is 19.0. The fourth-order valence-electron chi connectivity index (χ4n) is 4.99. The van der Waals surface area contributed by atoms with E-state index in [0.29, 0.717) is 61.6 Å².